The first-order valence-corrected chi connectivity index (χ1v) is 11.5. The van der Waals surface area contributed by atoms with Crippen LogP contribution in [0.1, 0.15) is 23.4 Å². The molecule has 0 spiro atoms. The molecule has 1 aliphatic heterocycles. The molecule has 2 N–H and O–H groups in total. The topological polar surface area (TPSA) is 122 Å². The fourth-order valence-electron chi connectivity index (χ4n) is 3.56. The van der Waals surface area contributed by atoms with E-state index in [1.165, 1.54) is 5.01 Å². The molecule has 206 valence electrons. The number of aromatic nitrogens is 2. The van der Waals surface area contributed by atoms with Gasteiger partial charge in [-0.25, -0.2) is 14.6 Å². The van der Waals surface area contributed by atoms with Gasteiger partial charge in [0, 0.05) is 36.6 Å². The molecule has 1 aliphatic carbocycles. The van der Waals surface area contributed by atoms with Crippen LogP contribution < -0.4 is 0 Å². The third-order valence-electron chi connectivity index (χ3n) is 5.14. The van der Waals surface area contributed by atoms with Crippen LogP contribution in [0.3, 0.4) is 0 Å². The number of carboxylic acids is 2. The molecular formula is C21H23F6N3O6S. The number of hydrogen-bond donors (Lipinski definition) is 2. The summed E-state index contributed by atoms with van der Waals surface area (Å²) in [6.07, 6.45) is -2.06. The largest absolute Gasteiger partial charge is 0.490 e. The summed E-state index contributed by atoms with van der Waals surface area (Å²) < 4.78 is 75.8. The maximum atomic E-state index is 10.6. The molecule has 16 heteroatoms. The maximum absolute atomic E-state index is 10.6. The molecular weight excluding hydrogens is 536 g/mol. The van der Waals surface area contributed by atoms with Gasteiger partial charge in [0.05, 0.1) is 32.0 Å². The average Bonchev–Trinajstić information content (AvgIpc) is 3.42. The van der Waals surface area contributed by atoms with E-state index < -0.39 is 24.3 Å². The number of nitrogens with zero attached hydrogens (tertiary/aromatic N) is 3. The number of carbonyl (C=O) groups is 2. The standard InChI is InChI=1S/C17H21N3O2S.2C2HF3O2/c1-2-13(10-18-5-1)12-22-17-14-3-4-15(17)21-8-7-20(14)11-16-19-6-9-23-16;2*3-2(4,5)1(6)7/h1-2,5-6,9-10,14-15,17H,3-4,7-8,11-12H2;2*(H,6,7). The molecule has 2 bridgehead atoms. The zero-order valence-corrected chi connectivity index (χ0v) is 19.8. The number of pyridine rings is 1. The minimum atomic E-state index is -5.08. The summed E-state index contributed by atoms with van der Waals surface area (Å²) in [4.78, 5) is 28.9. The molecule has 9 nitrogen and oxygen atoms in total. The van der Waals surface area contributed by atoms with E-state index in [0.717, 1.165) is 38.1 Å². The lowest BCUT2D eigenvalue weighted by molar-refractivity contribution is -0.193. The van der Waals surface area contributed by atoms with Crippen molar-refractivity contribution in [2.24, 2.45) is 0 Å². The van der Waals surface area contributed by atoms with E-state index >= 15 is 0 Å². The number of hydrogen-bond acceptors (Lipinski definition) is 8. The molecule has 3 heterocycles. The minimum Gasteiger partial charge on any atom is -0.475 e. The Morgan fingerprint density at radius 2 is 1.76 bits per heavy atom. The quantitative estimate of drug-likeness (QED) is 0.528. The van der Waals surface area contributed by atoms with Crippen molar-refractivity contribution in [1.29, 1.82) is 0 Å². The Labute approximate surface area is 210 Å². The first-order chi connectivity index (χ1) is 17.3. The van der Waals surface area contributed by atoms with Gasteiger partial charge in [-0.05, 0) is 24.5 Å². The second-order valence-corrected chi connectivity index (χ2v) is 8.67. The summed E-state index contributed by atoms with van der Waals surface area (Å²) in [5, 5.41) is 17.5. The molecule has 0 aromatic carbocycles. The van der Waals surface area contributed by atoms with E-state index in [1.54, 1.807) is 17.5 Å². The lowest BCUT2D eigenvalue weighted by atomic mass is 10.1. The predicted octanol–water partition coefficient (Wildman–Crippen LogP) is 3.75. The molecule has 3 atom stereocenters. The third kappa shape index (κ3) is 10.2. The Hall–Kier alpha value is -2.82. The molecule has 0 radical (unpaired) electrons. The van der Waals surface area contributed by atoms with Crippen LogP contribution >= 0.6 is 11.3 Å². The summed E-state index contributed by atoms with van der Waals surface area (Å²) in [6, 6.07) is 4.42. The predicted molar refractivity (Wildman–Crippen MR) is 115 cm³/mol. The van der Waals surface area contributed by atoms with Crippen LogP contribution in [0.5, 0.6) is 0 Å². The average molecular weight is 559 g/mol. The Morgan fingerprint density at radius 1 is 1.11 bits per heavy atom. The molecule has 2 fully saturated rings. The monoisotopic (exact) mass is 559 g/mol. The van der Waals surface area contributed by atoms with Gasteiger partial charge >= 0.3 is 24.3 Å². The molecule has 1 saturated heterocycles. The van der Waals surface area contributed by atoms with Crippen molar-refractivity contribution in [2.45, 2.75) is 56.6 Å². The number of carboxylic acid groups (broad SMARTS) is 2. The van der Waals surface area contributed by atoms with E-state index in [-0.39, 0.29) is 12.2 Å². The SMILES string of the molecule is O=C(O)C(F)(F)F.O=C(O)C(F)(F)F.c1cncc(COC2C3CCC2N(Cc2nccs2)CCO3)c1. The van der Waals surface area contributed by atoms with Gasteiger partial charge in [0.2, 0.25) is 0 Å². The van der Waals surface area contributed by atoms with E-state index in [4.69, 9.17) is 29.3 Å². The Balaban J connectivity index is 0.000000286. The molecule has 1 saturated carbocycles. The van der Waals surface area contributed by atoms with Gasteiger partial charge in [-0.3, -0.25) is 9.88 Å². The molecule has 2 aromatic rings. The van der Waals surface area contributed by atoms with Gasteiger partial charge in [-0.1, -0.05) is 6.07 Å². The van der Waals surface area contributed by atoms with Crippen LogP contribution in [-0.2, 0) is 32.2 Å². The van der Waals surface area contributed by atoms with Gasteiger partial charge in [0.1, 0.15) is 5.01 Å². The molecule has 4 rings (SSSR count). The van der Waals surface area contributed by atoms with Crippen molar-refractivity contribution in [1.82, 2.24) is 14.9 Å². The van der Waals surface area contributed by atoms with Crippen LogP contribution in [0.25, 0.3) is 0 Å². The third-order valence-corrected chi connectivity index (χ3v) is 5.91. The lowest BCUT2D eigenvalue weighted by Crippen LogP contribution is -2.42. The Kier molecular flexibility index (Phi) is 11.2. The fraction of sp³-hybridized carbons (Fsp3) is 0.524. The first-order valence-electron chi connectivity index (χ1n) is 10.6. The highest BCUT2D eigenvalue weighted by atomic mass is 32.1. The second kappa shape index (κ2) is 13.6. The van der Waals surface area contributed by atoms with Crippen LogP contribution in [-0.4, -0.2) is 80.8 Å². The highest BCUT2D eigenvalue weighted by molar-refractivity contribution is 7.09. The Bertz CT molecular complexity index is 953. The summed E-state index contributed by atoms with van der Waals surface area (Å²) in [6.45, 7) is 3.22. The number of rotatable bonds is 5. The summed E-state index contributed by atoms with van der Waals surface area (Å²) in [5.41, 5.74) is 1.11. The molecule has 2 aliphatic rings. The van der Waals surface area contributed by atoms with Crippen LogP contribution in [0, 0.1) is 0 Å². The van der Waals surface area contributed by atoms with Crippen molar-refractivity contribution >= 4 is 23.3 Å². The second-order valence-electron chi connectivity index (χ2n) is 7.69. The van der Waals surface area contributed by atoms with Crippen molar-refractivity contribution in [3.63, 3.8) is 0 Å². The smallest absolute Gasteiger partial charge is 0.475 e. The molecule has 37 heavy (non-hydrogen) atoms. The Morgan fingerprint density at radius 3 is 2.27 bits per heavy atom. The van der Waals surface area contributed by atoms with Crippen molar-refractivity contribution in [3.05, 3.63) is 46.7 Å². The van der Waals surface area contributed by atoms with Crippen molar-refractivity contribution in [3.8, 4) is 0 Å². The number of fused-ring (bicyclic) bond motifs is 2. The zero-order valence-electron chi connectivity index (χ0n) is 19.0. The molecule has 3 unspecified atom stereocenters. The van der Waals surface area contributed by atoms with E-state index in [0.29, 0.717) is 12.6 Å². The number of halogens is 6. The molecule has 2 aromatic heterocycles. The lowest BCUT2D eigenvalue weighted by Gasteiger charge is -2.30. The normalized spacial score (nSPS) is 21.6. The van der Waals surface area contributed by atoms with E-state index in [1.807, 2.05) is 23.8 Å². The number of aliphatic carboxylic acids is 2. The van der Waals surface area contributed by atoms with Crippen molar-refractivity contribution < 1.29 is 55.6 Å². The maximum Gasteiger partial charge on any atom is 0.490 e. The zero-order chi connectivity index (χ0) is 27.6. The van der Waals surface area contributed by atoms with Crippen molar-refractivity contribution in [2.75, 3.05) is 13.2 Å². The van der Waals surface area contributed by atoms with E-state index in [2.05, 4.69) is 20.9 Å². The number of ether oxygens (including phenoxy) is 2. The van der Waals surface area contributed by atoms with Crippen LogP contribution in [0.4, 0.5) is 26.3 Å². The number of thiazole rings is 1. The summed E-state index contributed by atoms with van der Waals surface area (Å²) in [5.74, 6) is -5.51. The summed E-state index contributed by atoms with van der Waals surface area (Å²) in [7, 11) is 0. The fourth-order valence-corrected chi connectivity index (χ4v) is 4.20. The van der Waals surface area contributed by atoms with Crippen LogP contribution in [0.15, 0.2) is 36.1 Å². The van der Waals surface area contributed by atoms with Gasteiger partial charge in [-0.2, -0.15) is 26.3 Å². The molecule has 0 amide bonds. The van der Waals surface area contributed by atoms with Gasteiger partial charge < -0.3 is 19.7 Å². The highest BCUT2D eigenvalue weighted by Crippen LogP contribution is 2.33. The van der Waals surface area contributed by atoms with E-state index in [9.17, 15) is 26.3 Å². The minimum absolute atomic E-state index is 0.137. The van der Waals surface area contributed by atoms with Gasteiger partial charge in [-0.15, -0.1) is 11.3 Å². The van der Waals surface area contributed by atoms with Gasteiger partial charge in [0.15, 0.2) is 0 Å². The van der Waals surface area contributed by atoms with Gasteiger partial charge in [0.25, 0.3) is 0 Å². The number of alkyl halides is 6. The van der Waals surface area contributed by atoms with Crippen LogP contribution in [0.2, 0.25) is 0 Å². The summed E-state index contributed by atoms with van der Waals surface area (Å²) >= 11 is 1.72. The highest BCUT2D eigenvalue weighted by Gasteiger charge is 2.43. The first kappa shape index (κ1) is 30.4.